The van der Waals surface area contributed by atoms with Gasteiger partial charge in [-0.15, -0.1) is 21.5 Å². The van der Waals surface area contributed by atoms with Gasteiger partial charge in [-0.05, 0) is 25.5 Å². The van der Waals surface area contributed by atoms with E-state index >= 15 is 0 Å². The lowest BCUT2D eigenvalue weighted by Crippen LogP contribution is -2.14. The molecule has 0 N–H and O–H groups in total. The van der Waals surface area contributed by atoms with E-state index in [1.54, 1.807) is 22.8 Å². The lowest BCUT2D eigenvalue weighted by molar-refractivity contribution is 0.0509. The number of carbonyl (C=O) groups is 1. The zero-order chi connectivity index (χ0) is 19.0. The van der Waals surface area contributed by atoms with Gasteiger partial charge in [0.2, 0.25) is 5.82 Å². The molecule has 6 nitrogen and oxygen atoms in total. The molecule has 4 rings (SSSR count). The number of carbonyl (C=O) groups excluding carboxylic acids is 1. The number of esters is 1. The van der Waals surface area contributed by atoms with E-state index in [0.29, 0.717) is 17.4 Å². The van der Waals surface area contributed by atoms with Crippen molar-refractivity contribution in [1.82, 2.24) is 14.8 Å². The summed E-state index contributed by atoms with van der Waals surface area (Å²) in [6.07, 6.45) is 0.875. The largest absolute Gasteiger partial charge is 0.460 e. The number of fused-ring (bicyclic) bond motifs is 3. The van der Waals surface area contributed by atoms with Crippen LogP contribution in [0.1, 0.15) is 46.3 Å². The predicted octanol–water partition coefficient (Wildman–Crippen LogP) is 4.07. The average Bonchev–Trinajstić information content (AvgIpc) is 3.24. The van der Waals surface area contributed by atoms with E-state index in [9.17, 15) is 4.79 Å². The minimum atomic E-state index is -0.491. The number of aryl methyl sites for hydroxylation is 1. The number of hydrogen-bond acceptors (Lipinski definition) is 6. The first-order chi connectivity index (χ1) is 13.1. The molecule has 2 aromatic heterocycles. The molecule has 8 heteroatoms. The fourth-order valence-corrected chi connectivity index (χ4v) is 4.36. The molecule has 0 fully saturated rings. The van der Waals surface area contributed by atoms with Gasteiger partial charge in [0.15, 0.2) is 5.82 Å². The maximum absolute atomic E-state index is 12.4. The van der Waals surface area contributed by atoms with Crippen molar-refractivity contribution in [2.75, 3.05) is 6.61 Å². The maximum Gasteiger partial charge on any atom is 0.376 e. The topological polar surface area (TPSA) is 69.4 Å². The van der Waals surface area contributed by atoms with Gasteiger partial charge in [0.1, 0.15) is 11.5 Å². The molecular formula is C19H17ClN4O2S. The van der Waals surface area contributed by atoms with Gasteiger partial charge in [0, 0.05) is 21.0 Å². The quantitative estimate of drug-likeness (QED) is 0.619. The summed E-state index contributed by atoms with van der Waals surface area (Å²) < 4.78 is 6.92. The van der Waals surface area contributed by atoms with E-state index in [1.807, 2.05) is 24.3 Å². The maximum atomic E-state index is 12.4. The number of ether oxygens (including phenoxy) is 1. The van der Waals surface area contributed by atoms with E-state index in [-0.39, 0.29) is 12.4 Å². The minimum Gasteiger partial charge on any atom is -0.460 e. The van der Waals surface area contributed by atoms with E-state index in [2.05, 4.69) is 23.2 Å². The van der Waals surface area contributed by atoms with Crippen molar-refractivity contribution in [3.63, 3.8) is 0 Å². The molecule has 0 radical (unpaired) electrons. The Morgan fingerprint density at radius 1 is 1.26 bits per heavy atom. The minimum absolute atomic E-state index is 0.174. The summed E-state index contributed by atoms with van der Waals surface area (Å²) in [7, 11) is 0. The van der Waals surface area contributed by atoms with Crippen LogP contribution in [0.15, 0.2) is 35.3 Å². The summed E-state index contributed by atoms with van der Waals surface area (Å²) in [4.78, 5) is 18.3. The smallest absolute Gasteiger partial charge is 0.376 e. The van der Waals surface area contributed by atoms with Crippen molar-refractivity contribution in [3.8, 4) is 5.00 Å². The second-order valence-electron chi connectivity index (χ2n) is 5.93. The van der Waals surface area contributed by atoms with Crippen molar-refractivity contribution in [1.29, 1.82) is 0 Å². The average molecular weight is 401 g/mol. The van der Waals surface area contributed by atoms with Gasteiger partial charge in [-0.25, -0.2) is 4.79 Å². The highest BCUT2D eigenvalue weighted by Crippen LogP contribution is 2.34. The summed E-state index contributed by atoms with van der Waals surface area (Å²) in [6.45, 7) is 4.44. The van der Waals surface area contributed by atoms with Crippen LogP contribution in [-0.4, -0.2) is 33.1 Å². The summed E-state index contributed by atoms with van der Waals surface area (Å²) in [5, 5.41) is 9.74. The standard InChI is InChI=1S/C19H17ClN4O2S/c1-3-11-9-13-16(12-7-5-6-8-14(12)20)21-10-15-22-23-17(19(25)26-4-2)24(15)18(13)27-11/h5-9H,3-4,10H2,1-2H3. The third kappa shape index (κ3) is 3.07. The number of benzene rings is 1. The molecule has 0 unspecified atom stereocenters. The Kier molecular flexibility index (Phi) is 4.80. The molecule has 0 amide bonds. The number of hydrogen-bond donors (Lipinski definition) is 0. The van der Waals surface area contributed by atoms with Crippen molar-refractivity contribution in [2.45, 2.75) is 26.8 Å². The molecule has 0 bridgehead atoms. The van der Waals surface area contributed by atoms with Crippen LogP contribution < -0.4 is 0 Å². The molecule has 3 heterocycles. The van der Waals surface area contributed by atoms with Crippen LogP contribution in [-0.2, 0) is 17.7 Å². The van der Waals surface area contributed by atoms with Crippen LogP contribution in [0.5, 0.6) is 0 Å². The first-order valence-corrected chi connectivity index (χ1v) is 9.87. The second kappa shape index (κ2) is 7.25. The predicted molar refractivity (Wildman–Crippen MR) is 105 cm³/mol. The third-order valence-corrected chi connectivity index (χ3v) is 5.86. The molecule has 0 spiro atoms. The molecule has 0 atom stereocenters. The lowest BCUT2D eigenvalue weighted by Gasteiger charge is -2.09. The van der Waals surface area contributed by atoms with Crippen LogP contribution in [0.4, 0.5) is 0 Å². The van der Waals surface area contributed by atoms with Crippen LogP contribution >= 0.6 is 22.9 Å². The van der Waals surface area contributed by atoms with E-state index in [0.717, 1.165) is 28.3 Å². The number of nitrogens with zero attached hydrogens (tertiary/aromatic N) is 4. The van der Waals surface area contributed by atoms with Gasteiger partial charge < -0.3 is 4.74 Å². The molecule has 1 aromatic carbocycles. The Morgan fingerprint density at radius 3 is 2.81 bits per heavy atom. The zero-order valence-electron chi connectivity index (χ0n) is 14.9. The molecule has 27 heavy (non-hydrogen) atoms. The van der Waals surface area contributed by atoms with Crippen molar-refractivity contribution >= 4 is 34.6 Å². The molecule has 3 aromatic rings. The monoisotopic (exact) mass is 400 g/mol. The lowest BCUT2D eigenvalue weighted by atomic mass is 10.0. The Labute approximate surface area is 165 Å². The fourth-order valence-electron chi connectivity index (χ4n) is 3.02. The Balaban J connectivity index is 1.93. The molecule has 1 aliphatic rings. The van der Waals surface area contributed by atoms with Crippen LogP contribution in [0, 0.1) is 0 Å². The molecule has 0 saturated heterocycles. The Hall–Kier alpha value is -2.51. The van der Waals surface area contributed by atoms with Gasteiger partial charge in [-0.1, -0.05) is 36.7 Å². The fraction of sp³-hybridized carbons (Fsp3) is 0.263. The van der Waals surface area contributed by atoms with Gasteiger partial charge in [-0.2, -0.15) is 0 Å². The van der Waals surface area contributed by atoms with Gasteiger partial charge in [-0.3, -0.25) is 9.56 Å². The van der Waals surface area contributed by atoms with Crippen molar-refractivity contribution < 1.29 is 9.53 Å². The molecule has 1 aliphatic heterocycles. The number of aromatic nitrogens is 3. The normalized spacial score (nSPS) is 12.8. The van der Waals surface area contributed by atoms with Gasteiger partial charge in [0.25, 0.3) is 0 Å². The van der Waals surface area contributed by atoms with Crippen LogP contribution in [0.3, 0.4) is 0 Å². The van der Waals surface area contributed by atoms with Gasteiger partial charge in [0.05, 0.1) is 12.3 Å². The summed E-state index contributed by atoms with van der Waals surface area (Å²) in [6, 6.07) is 9.73. The first-order valence-electron chi connectivity index (χ1n) is 8.68. The third-order valence-electron chi connectivity index (χ3n) is 4.27. The summed E-state index contributed by atoms with van der Waals surface area (Å²) >= 11 is 8.04. The molecule has 0 saturated carbocycles. The molecular weight excluding hydrogens is 384 g/mol. The number of aliphatic imine (C=N–C) groups is 1. The first kappa shape index (κ1) is 17.9. The van der Waals surface area contributed by atoms with E-state index in [1.165, 1.54) is 4.88 Å². The Morgan fingerprint density at radius 2 is 2.07 bits per heavy atom. The van der Waals surface area contributed by atoms with Crippen LogP contribution in [0.25, 0.3) is 5.00 Å². The number of halogens is 1. The summed E-state index contributed by atoms with van der Waals surface area (Å²) in [5.74, 6) is 0.286. The molecule has 0 aliphatic carbocycles. The number of thiophene rings is 1. The highest BCUT2D eigenvalue weighted by molar-refractivity contribution is 7.15. The zero-order valence-corrected chi connectivity index (χ0v) is 16.5. The number of rotatable bonds is 4. The molecule has 138 valence electrons. The Bertz CT molecular complexity index is 1050. The second-order valence-corrected chi connectivity index (χ2v) is 7.45. The van der Waals surface area contributed by atoms with E-state index in [4.69, 9.17) is 21.3 Å². The van der Waals surface area contributed by atoms with Crippen molar-refractivity contribution in [2.24, 2.45) is 4.99 Å². The highest BCUT2D eigenvalue weighted by Gasteiger charge is 2.29. The van der Waals surface area contributed by atoms with Crippen molar-refractivity contribution in [3.05, 3.63) is 63.0 Å². The highest BCUT2D eigenvalue weighted by atomic mass is 35.5. The summed E-state index contributed by atoms with van der Waals surface area (Å²) in [5.41, 5.74) is 2.58. The van der Waals surface area contributed by atoms with E-state index < -0.39 is 5.97 Å². The SMILES string of the molecule is CCOC(=O)c1nnc2n1-c1sc(CC)cc1C(c1ccccc1Cl)=NC2. The van der Waals surface area contributed by atoms with Crippen LogP contribution in [0.2, 0.25) is 5.02 Å². The van der Waals surface area contributed by atoms with Gasteiger partial charge >= 0.3 is 5.97 Å².